The fraction of sp³-hybridized carbons (Fsp3) is 0.0435. The van der Waals surface area contributed by atoms with Gasteiger partial charge in [0.1, 0.15) is 0 Å². The smallest absolute Gasteiger partial charge is 0.266 e. The molecule has 0 saturated heterocycles. The molecule has 0 atom stereocenters. The number of nitrogens with zero attached hydrogens (tertiary/aromatic N) is 5. The van der Waals surface area contributed by atoms with E-state index in [0.717, 1.165) is 17.1 Å². The third-order valence-corrected chi connectivity index (χ3v) is 5.61. The second kappa shape index (κ2) is 7.96. The Hall–Kier alpha value is -3.71. The minimum Gasteiger partial charge on any atom is -0.268 e. The Balaban J connectivity index is 1.51. The fourth-order valence-corrected chi connectivity index (χ4v) is 4.09. The molecule has 6 nitrogen and oxygen atoms in total. The third kappa shape index (κ3) is 3.51. The molecule has 0 aliphatic carbocycles. The lowest BCUT2D eigenvalue weighted by Gasteiger charge is -2.12. The second-order valence-electron chi connectivity index (χ2n) is 6.64. The maximum atomic E-state index is 13.2. The Bertz CT molecular complexity index is 1360. The zero-order valence-corrected chi connectivity index (χ0v) is 16.7. The van der Waals surface area contributed by atoms with Gasteiger partial charge in [0.15, 0.2) is 5.16 Å². The number of benzene rings is 3. The summed E-state index contributed by atoms with van der Waals surface area (Å²) < 4.78 is 1.66. The first kappa shape index (κ1) is 18.3. The standard InChI is InChI=1S/C23H17N5OS/c29-22-20-13-7-8-14-21(20)25-23(27(22)18-9-3-1-4-10-18)30-16-17-15-24-28(26-17)19-11-5-2-6-12-19/h1-15H,16H2. The average Bonchev–Trinajstić information content (AvgIpc) is 3.28. The zero-order valence-electron chi connectivity index (χ0n) is 15.9. The number of hydrogen-bond acceptors (Lipinski definition) is 5. The molecule has 0 saturated carbocycles. The van der Waals surface area contributed by atoms with Gasteiger partial charge in [-0.3, -0.25) is 9.36 Å². The van der Waals surface area contributed by atoms with Crippen LogP contribution in [0.3, 0.4) is 0 Å². The summed E-state index contributed by atoms with van der Waals surface area (Å²) in [5, 5.41) is 10.1. The minimum absolute atomic E-state index is 0.0813. The van der Waals surface area contributed by atoms with Crippen molar-refractivity contribution in [1.82, 2.24) is 24.5 Å². The van der Waals surface area contributed by atoms with Crippen LogP contribution < -0.4 is 5.56 Å². The number of fused-ring (bicyclic) bond motifs is 1. The number of rotatable bonds is 5. The molecule has 2 heterocycles. The highest BCUT2D eigenvalue weighted by molar-refractivity contribution is 7.98. The molecule has 7 heteroatoms. The fourth-order valence-electron chi connectivity index (χ4n) is 3.20. The predicted molar refractivity (Wildman–Crippen MR) is 118 cm³/mol. The maximum absolute atomic E-state index is 13.2. The lowest BCUT2D eigenvalue weighted by atomic mass is 10.2. The van der Waals surface area contributed by atoms with Crippen LogP contribution in [0.5, 0.6) is 0 Å². The molecule has 146 valence electrons. The van der Waals surface area contributed by atoms with Crippen LogP contribution >= 0.6 is 11.8 Å². The van der Waals surface area contributed by atoms with Gasteiger partial charge >= 0.3 is 0 Å². The van der Waals surface area contributed by atoms with Crippen LogP contribution in [-0.4, -0.2) is 24.5 Å². The highest BCUT2D eigenvalue weighted by Gasteiger charge is 2.14. The molecule has 5 rings (SSSR count). The zero-order chi connectivity index (χ0) is 20.3. The summed E-state index contributed by atoms with van der Waals surface area (Å²) >= 11 is 1.47. The highest BCUT2D eigenvalue weighted by Crippen LogP contribution is 2.24. The third-order valence-electron chi connectivity index (χ3n) is 4.63. The van der Waals surface area contributed by atoms with Crippen LogP contribution in [0.2, 0.25) is 0 Å². The normalized spacial score (nSPS) is 11.1. The van der Waals surface area contributed by atoms with Gasteiger partial charge < -0.3 is 0 Å². The second-order valence-corrected chi connectivity index (χ2v) is 7.58. The lowest BCUT2D eigenvalue weighted by molar-refractivity contribution is 0.744. The number of para-hydroxylation sites is 3. The Labute approximate surface area is 176 Å². The molecule has 0 amide bonds. The van der Waals surface area contributed by atoms with Crippen molar-refractivity contribution in [3.8, 4) is 11.4 Å². The SMILES string of the molecule is O=c1c2ccccc2nc(SCc2cnn(-c3ccccc3)n2)n1-c1ccccc1. The molecular weight excluding hydrogens is 394 g/mol. The molecular formula is C23H17N5OS. The Morgan fingerprint density at radius 1 is 0.800 bits per heavy atom. The molecule has 3 aromatic carbocycles. The van der Waals surface area contributed by atoms with Crippen molar-refractivity contribution in [1.29, 1.82) is 0 Å². The summed E-state index contributed by atoms with van der Waals surface area (Å²) in [6.07, 6.45) is 1.74. The molecule has 2 aromatic heterocycles. The van der Waals surface area contributed by atoms with Gasteiger partial charge in [0.2, 0.25) is 0 Å². The summed E-state index contributed by atoms with van der Waals surface area (Å²) in [4.78, 5) is 19.6. The van der Waals surface area contributed by atoms with E-state index in [1.54, 1.807) is 15.6 Å². The quantitative estimate of drug-likeness (QED) is 0.319. The van der Waals surface area contributed by atoms with Gasteiger partial charge in [-0.2, -0.15) is 15.0 Å². The number of hydrogen-bond donors (Lipinski definition) is 0. The van der Waals surface area contributed by atoms with Crippen molar-refractivity contribution in [3.05, 3.63) is 107 Å². The first-order valence-corrected chi connectivity index (χ1v) is 10.4. The summed E-state index contributed by atoms with van der Waals surface area (Å²) in [6.45, 7) is 0. The van der Waals surface area contributed by atoms with Crippen LogP contribution in [0.1, 0.15) is 5.69 Å². The molecule has 0 aliphatic rings. The minimum atomic E-state index is -0.0813. The van der Waals surface area contributed by atoms with E-state index in [-0.39, 0.29) is 5.56 Å². The van der Waals surface area contributed by atoms with E-state index in [1.165, 1.54) is 11.8 Å². The number of thioether (sulfide) groups is 1. The van der Waals surface area contributed by atoms with Gasteiger partial charge in [-0.05, 0) is 36.4 Å². The molecule has 0 N–H and O–H groups in total. The van der Waals surface area contributed by atoms with Crippen LogP contribution in [0.4, 0.5) is 0 Å². The van der Waals surface area contributed by atoms with Crippen molar-refractivity contribution in [3.63, 3.8) is 0 Å². The highest BCUT2D eigenvalue weighted by atomic mass is 32.2. The summed E-state index contributed by atoms with van der Waals surface area (Å²) in [5.41, 5.74) is 3.10. The van der Waals surface area contributed by atoms with Gasteiger partial charge in [0.05, 0.1) is 34.2 Å². The maximum Gasteiger partial charge on any atom is 0.266 e. The van der Waals surface area contributed by atoms with Gasteiger partial charge in [-0.25, -0.2) is 4.98 Å². The van der Waals surface area contributed by atoms with Crippen molar-refractivity contribution in [2.45, 2.75) is 10.9 Å². The lowest BCUT2D eigenvalue weighted by Crippen LogP contribution is -2.21. The molecule has 5 aromatic rings. The van der Waals surface area contributed by atoms with E-state index in [0.29, 0.717) is 21.8 Å². The van der Waals surface area contributed by atoms with Crippen molar-refractivity contribution < 1.29 is 0 Å². The molecule has 0 bridgehead atoms. The van der Waals surface area contributed by atoms with E-state index in [9.17, 15) is 4.79 Å². The van der Waals surface area contributed by atoms with Crippen LogP contribution in [0, 0.1) is 0 Å². The molecule has 0 fully saturated rings. The Morgan fingerprint density at radius 2 is 1.47 bits per heavy atom. The molecule has 0 radical (unpaired) electrons. The Morgan fingerprint density at radius 3 is 2.23 bits per heavy atom. The van der Waals surface area contributed by atoms with E-state index < -0.39 is 0 Å². The van der Waals surface area contributed by atoms with Gasteiger partial charge in [0, 0.05) is 5.75 Å². The van der Waals surface area contributed by atoms with E-state index >= 15 is 0 Å². The van der Waals surface area contributed by atoms with Gasteiger partial charge in [-0.1, -0.05) is 60.3 Å². The number of aromatic nitrogens is 5. The van der Waals surface area contributed by atoms with E-state index in [1.807, 2.05) is 84.9 Å². The van der Waals surface area contributed by atoms with Crippen LogP contribution in [-0.2, 0) is 5.75 Å². The van der Waals surface area contributed by atoms with E-state index in [4.69, 9.17) is 4.98 Å². The predicted octanol–water partition coefficient (Wildman–Crippen LogP) is 4.26. The molecule has 0 aliphatic heterocycles. The van der Waals surface area contributed by atoms with E-state index in [2.05, 4.69) is 10.2 Å². The first-order chi connectivity index (χ1) is 14.8. The van der Waals surface area contributed by atoms with Crippen molar-refractivity contribution >= 4 is 22.7 Å². The van der Waals surface area contributed by atoms with Crippen molar-refractivity contribution in [2.24, 2.45) is 0 Å². The summed E-state index contributed by atoms with van der Waals surface area (Å²) in [7, 11) is 0. The Kier molecular flexibility index (Phi) is 4.86. The van der Waals surface area contributed by atoms with Crippen LogP contribution in [0.15, 0.2) is 101 Å². The van der Waals surface area contributed by atoms with Gasteiger partial charge in [0.25, 0.3) is 5.56 Å². The molecule has 30 heavy (non-hydrogen) atoms. The average molecular weight is 411 g/mol. The molecule has 0 unspecified atom stereocenters. The molecule has 0 spiro atoms. The van der Waals surface area contributed by atoms with Crippen molar-refractivity contribution in [2.75, 3.05) is 0 Å². The monoisotopic (exact) mass is 411 g/mol. The van der Waals surface area contributed by atoms with Gasteiger partial charge in [-0.15, -0.1) is 0 Å². The van der Waals surface area contributed by atoms with Crippen LogP contribution in [0.25, 0.3) is 22.3 Å². The largest absolute Gasteiger partial charge is 0.268 e. The topological polar surface area (TPSA) is 65.6 Å². The summed E-state index contributed by atoms with van der Waals surface area (Å²) in [5.74, 6) is 0.546. The first-order valence-electron chi connectivity index (χ1n) is 9.46. The summed E-state index contributed by atoms with van der Waals surface area (Å²) in [6, 6.07) is 26.8.